The lowest BCUT2D eigenvalue weighted by Crippen LogP contribution is -2.31. The van der Waals surface area contributed by atoms with Gasteiger partial charge >= 0.3 is 6.18 Å². The number of amides is 1. The third-order valence-corrected chi connectivity index (χ3v) is 5.13. The molecule has 26 heavy (non-hydrogen) atoms. The predicted octanol–water partition coefficient (Wildman–Crippen LogP) is 2.36. The minimum absolute atomic E-state index is 0.0397. The minimum Gasteiger partial charge on any atom is -0.381 e. The SMILES string of the molecule is N#Cc1ccc(S(=O)(=O)NC(=O)C=CC2CCOCC2)c(C(F)(F)F)c1. The van der Waals surface area contributed by atoms with Crippen molar-refractivity contribution < 1.29 is 31.1 Å². The van der Waals surface area contributed by atoms with Crippen molar-refractivity contribution in [3.8, 4) is 6.07 Å². The van der Waals surface area contributed by atoms with Crippen LogP contribution in [0.15, 0.2) is 35.2 Å². The van der Waals surface area contributed by atoms with Gasteiger partial charge in [0, 0.05) is 19.3 Å². The van der Waals surface area contributed by atoms with Crippen molar-refractivity contribution in [3.05, 3.63) is 41.5 Å². The third-order valence-electron chi connectivity index (χ3n) is 3.72. The first-order valence-corrected chi connectivity index (χ1v) is 9.06. The van der Waals surface area contributed by atoms with Gasteiger partial charge in [-0.3, -0.25) is 4.79 Å². The first kappa shape index (κ1) is 19.9. The highest BCUT2D eigenvalue weighted by molar-refractivity contribution is 7.90. The summed E-state index contributed by atoms with van der Waals surface area (Å²) in [6.45, 7) is 1.05. The van der Waals surface area contributed by atoms with Crippen molar-refractivity contribution in [2.45, 2.75) is 23.9 Å². The van der Waals surface area contributed by atoms with Gasteiger partial charge in [0.2, 0.25) is 0 Å². The summed E-state index contributed by atoms with van der Waals surface area (Å²) in [6.07, 6.45) is -1.16. The number of alkyl halides is 3. The number of halogens is 3. The molecular weight excluding hydrogens is 373 g/mol. The van der Waals surface area contributed by atoms with Crippen molar-refractivity contribution in [1.29, 1.82) is 5.26 Å². The Morgan fingerprint density at radius 2 is 1.96 bits per heavy atom. The summed E-state index contributed by atoms with van der Waals surface area (Å²) in [6, 6.07) is 3.53. The molecule has 0 atom stereocenters. The molecule has 10 heteroatoms. The summed E-state index contributed by atoms with van der Waals surface area (Å²) < 4.78 is 70.5. The van der Waals surface area contributed by atoms with E-state index in [0.717, 1.165) is 12.1 Å². The monoisotopic (exact) mass is 388 g/mol. The molecule has 6 nitrogen and oxygen atoms in total. The van der Waals surface area contributed by atoms with E-state index in [9.17, 15) is 26.4 Å². The van der Waals surface area contributed by atoms with Crippen molar-refractivity contribution in [2.75, 3.05) is 13.2 Å². The van der Waals surface area contributed by atoms with Crippen LogP contribution in [-0.4, -0.2) is 27.5 Å². The van der Waals surface area contributed by atoms with Crippen LogP contribution in [0.2, 0.25) is 0 Å². The molecule has 1 aromatic rings. The van der Waals surface area contributed by atoms with Gasteiger partial charge in [-0.2, -0.15) is 18.4 Å². The zero-order chi connectivity index (χ0) is 19.4. The Labute approximate surface area is 148 Å². The van der Waals surface area contributed by atoms with Gasteiger partial charge in [-0.1, -0.05) is 6.08 Å². The molecule has 2 rings (SSSR count). The highest BCUT2D eigenvalue weighted by Gasteiger charge is 2.38. The second-order valence-electron chi connectivity index (χ2n) is 5.60. The highest BCUT2D eigenvalue weighted by Crippen LogP contribution is 2.34. The molecule has 140 valence electrons. The standard InChI is InChI=1S/C16H15F3N2O4S/c17-16(18,19)13-9-12(10-20)1-3-14(13)26(23,24)21-15(22)4-2-11-5-7-25-8-6-11/h1-4,9,11H,5-8H2,(H,21,22). The van der Waals surface area contributed by atoms with Crippen LogP contribution in [0.4, 0.5) is 13.2 Å². The van der Waals surface area contributed by atoms with Gasteiger partial charge in [0.25, 0.3) is 15.9 Å². The number of ether oxygens (including phenoxy) is 1. The summed E-state index contributed by atoms with van der Waals surface area (Å²) in [5.74, 6) is -1.01. The first-order valence-electron chi connectivity index (χ1n) is 7.57. The van der Waals surface area contributed by atoms with Gasteiger partial charge in [0.1, 0.15) is 0 Å². The number of allylic oxidation sites excluding steroid dienone is 1. The maximum atomic E-state index is 13.1. The van der Waals surface area contributed by atoms with Crippen LogP contribution in [0.1, 0.15) is 24.0 Å². The maximum Gasteiger partial charge on any atom is 0.417 e. The lowest BCUT2D eigenvalue weighted by atomic mass is 10.00. The van der Waals surface area contributed by atoms with Gasteiger partial charge in [-0.25, -0.2) is 13.1 Å². The zero-order valence-corrected chi connectivity index (χ0v) is 14.2. The Morgan fingerprint density at radius 1 is 1.31 bits per heavy atom. The highest BCUT2D eigenvalue weighted by atomic mass is 32.2. The van der Waals surface area contributed by atoms with E-state index >= 15 is 0 Å². The van der Waals surface area contributed by atoms with E-state index in [1.54, 1.807) is 4.72 Å². The lowest BCUT2D eigenvalue weighted by molar-refractivity contribution is -0.140. The van der Waals surface area contributed by atoms with Crippen molar-refractivity contribution in [1.82, 2.24) is 4.72 Å². The molecule has 0 aromatic heterocycles. The average Bonchev–Trinajstić information content (AvgIpc) is 2.59. The lowest BCUT2D eigenvalue weighted by Gasteiger charge is -2.18. The first-order chi connectivity index (χ1) is 12.1. The molecule has 0 spiro atoms. The topological polar surface area (TPSA) is 96.3 Å². The molecule has 1 N–H and O–H groups in total. The molecule has 1 saturated heterocycles. The number of carbonyl (C=O) groups is 1. The molecule has 0 radical (unpaired) electrons. The Bertz CT molecular complexity index is 851. The summed E-state index contributed by atoms with van der Waals surface area (Å²) in [4.78, 5) is 10.7. The molecule has 0 saturated carbocycles. The van der Waals surface area contributed by atoms with Crippen LogP contribution in [0.25, 0.3) is 0 Å². The fraction of sp³-hybridized carbons (Fsp3) is 0.375. The number of nitriles is 1. The van der Waals surface area contributed by atoms with E-state index in [2.05, 4.69) is 0 Å². The van der Waals surface area contributed by atoms with E-state index in [-0.39, 0.29) is 11.5 Å². The fourth-order valence-corrected chi connectivity index (χ4v) is 3.56. The number of nitrogens with zero attached hydrogens (tertiary/aromatic N) is 1. The molecule has 0 unspecified atom stereocenters. The number of hydrogen-bond acceptors (Lipinski definition) is 5. The molecule has 1 amide bonds. The number of benzene rings is 1. The number of hydrogen-bond donors (Lipinski definition) is 1. The molecule has 0 aliphatic carbocycles. The smallest absolute Gasteiger partial charge is 0.381 e. The quantitative estimate of drug-likeness (QED) is 0.799. The van der Waals surface area contributed by atoms with Crippen molar-refractivity contribution in [2.24, 2.45) is 5.92 Å². The normalized spacial score (nSPS) is 16.4. The van der Waals surface area contributed by atoms with Crippen LogP contribution in [-0.2, 0) is 25.7 Å². The van der Waals surface area contributed by atoms with Crippen LogP contribution in [0, 0.1) is 17.2 Å². The Balaban J connectivity index is 2.23. The van der Waals surface area contributed by atoms with E-state index < -0.39 is 32.6 Å². The predicted molar refractivity (Wildman–Crippen MR) is 84.2 cm³/mol. The van der Waals surface area contributed by atoms with Gasteiger partial charge in [-0.15, -0.1) is 0 Å². The second-order valence-corrected chi connectivity index (χ2v) is 7.25. The molecule has 1 aliphatic heterocycles. The van der Waals surface area contributed by atoms with Crippen molar-refractivity contribution in [3.63, 3.8) is 0 Å². The molecule has 1 aromatic carbocycles. The van der Waals surface area contributed by atoms with E-state index in [1.807, 2.05) is 0 Å². The van der Waals surface area contributed by atoms with Gasteiger partial charge < -0.3 is 4.74 Å². The molecule has 0 bridgehead atoms. The number of carbonyl (C=O) groups excluding carboxylic acids is 1. The Morgan fingerprint density at radius 3 is 2.54 bits per heavy atom. The Hall–Kier alpha value is -2.38. The van der Waals surface area contributed by atoms with Gasteiger partial charge in [-0.05, 0) is 37.0 Å². The zero-order valence-electron chi connectivity index (χ0n) is 13.4. The van der Waals surface area contributed by atoms with Crippen LogP contribution < -0.4 is 4.72 Å². The largest absolute Gasteiger partial charge is 0.417 e. The van der Waals surface area contributed by atoms with Crippen LogP contribution in [0.3, 0.4) is 0 Å². The van der Waals surface area contributed by atoms with Gasteiger partial charge in [0.15, 0.2) is 0 Å². The minimum atomic E-state index is -5.00. The molecular formula is C16H15F3N2O4S. The number of nitrogens with one attached hydrogen (secondary N) is 1. The van der Waals surface area contributed by atoms with E-state index in [1.165, 1.54) is 12.1 Å². The van der Waals surface area contributed by atoms with E-state index in [4.69, 9.17) is 10.00 Å². The molecule has 1 heterocycles. The van der Waals surface area contributed by atoms with E-state index in [0.29, 0.717) is 38.2 Å². The fourth-order valence-electron chi connectivity index (χ4n) is 2.41. The summed E-state index contributed by atoms with van der Waals surface area (Å²) in [7, 11) is -4.76. The third kappa shape index (κ3) is 5.06. The maximum absolute atomic E-state index is 13.1. The number of sulfonamides is 1. The van der Waals surface area contributed by atoms with Crippen LogP contribution >= 0.6 is 0 Å². The summed E-state index contributed by atoms with van der Waals surface area (Å²) in [5.41, 5.74) is -1.85. The second kappa shape index (κ2) is 7.88. The van der Waals surface area contributed by atoms with Crippen molar-refractivity contribution >= 4 is 15.9 Å². The Kier molecular flexibility index (Phi) is 6.05. The average molecular weight is 388 g/mol. The summed E-state index contributed by atoms with van der Waals surface area (Å²) in [5, 5.41) is 8.71. The van der Waals surface area contributed by atoms with Gasteiger partial charge in [0.05, 0.1) is 22.1 Å². The van der Waals surface area contributed by atoms with Crippen LogP contribution in [0.5, 0.6) is 0 Å². The number of rotatable bonds is 4. The molecule has 1 fully saturated rings. The summed E-state index contributed by atoms with van der Waals surface area (Å²) >= 11 is 0. The molecule has 1 aliphatic rings.